The van der Waals surface area contributed by atoms with E-state index in [1.807, 2.05) is 18.9 Å². The third kappa shape index (κ3) is 1.93. The van der Waals surface area contributed by atoms with Gasteiger partial charge in [0.25, 0.3) is 0 Å². The monoisotopic (exact) mass is 239 g/mol. The maximum absolute atomic E-state index is 12.1. The quantitative estimate of drug-likeness (QED) is 0.690. The van der Waals surface area contributed by atoms with Crippen LogP contribution >= 0.6 is 0 Å². The van der Waals surface area contributed by atoms with Crippen LogP contribution < -0.4 is 5.32 Å². The molecular formula is C11H17N3O3. The van der Waals surface area contributed by atoms with Crippen molar-refractivity contribution < 1.29 is 14.4 Å². The Hall–Kier alpha value is -1.43. The largest absolute Gasteiger partial charge is 0.330 e. The molecule has 0 aromatic heterocycles. The van der Waals surface area contributed by atoms with Crippen LogP contribution in [0.2, 0.25) is 0 Å². The zero-order valence-corrected chi connectivity index (χ0v) is 10.2. The van der Waals surface area contributed by atoms with Gasteiger partial charge in [0.15, 0.2) is 0 Å². The minimum absolute atomic E-state index is 0.323. The van der Waals surface area contributed by atoms with Gasteiger partial charge in [-0.25, -0.2) is 4.79 Å². The summed E-state index contributed by atoms with van der Waals surface area (Å²) in [5, 5.41) is 2.26. The van der Waals surface area contributed by atoms with Crippen LogP contribution in [0.15, 0.2) is 0 Å². The van der Waals surface area contributed by atoms with E-state index in [1.54, 1.807) is 0 Å². The van der Waals surface area contributed by atoms with Gasteiger partial charge in [-0.15, -0.1) is 0 Å². The van der Waals surface area contributed by atoms with E-state index in [-0.39, 0.29) is 5.91 Å². The molecule has 6 nitrogen and oxygen atoms in total. The summed E-state index contributed by atoms with van der Waals surface area (Å²) in [4.78, 5) is 38.4. The Morgan fingerprint density at radius 1 is 1.35 bits per heavy atom. The van der Waals surface area contributed by atoms with E-state index < -0.39 is 17.4 Å². The highest BCUT2D eigenvalue weighted by atomic mass is 16.2. The molecule has 4 amide bonds. The molecule has 0 aromatic carbocycles. The molecule has 6 heteroatoms. The predicted molar refractivity (Wildman–Crippen MR) is 60.1 cm³/mol. The third-order valence-corrected chi connectivity index (χ3v) is 3.55. The van der Waals surface area contributed by atoms with E-state index in [0.717, 1.165) is 6.54 Å². The molecule has 1 spiro atoms. The summed E-state index contributed by atoms with van der Waals surface area (Å²) < 4.78 is 0. The number of amides is 4. The summed E-state index contributed by atoms with van der Waals surface area (Å²) in [6.45, 7) is 3.82. The summed E-state index contributed by atoms with van der Waals surface area (Å²) >= 11 is 0. The fourth-order valence-electron chi connectivity index (χ4n) is 1.93. The van der Waals surface area contributed by atoms with Crippen LogP contribution in [0.5, 0.6) is 0 Å². The number of likely N-dealkylation sites (N-methyl/N-ethyl adjacent to an activating group) is 1. The fourth-order valence-corrected chi connectivity index (χ4v) is 1.93. The number of nitrogens with zero attached hydrogens (tertiary/aromatic N) is 2. The SMILES string of the molecule is CCN(C)CCN1C(=O)NC(=O)C2(CC2)C1=O. The number of urea groups is 1. The van der Waals surface area contributed by atoms with E-state index in [4.69, 9.17) is 0 Å². The van der Waals surface area contributed by atoms with Crippen molar-refractivity contribution in [1.82, 2.24) is 15.1 Å². The number of hydrogen-bond acceptors (Lipinski definition) is 4. The highest BCUT2D eigenvalue weighted by Gasteiger charge is 2.62. The summed E-state index contributed by atoms with van der Waals surface area (Å²) in [7, 11) is 1.92. The average Bonchev–Trinajstić information content (AvgIpc) is 3.08. The van der Waals surface area contributed by atoms with Gasteiger partial charge in [-0.1, -0.05) is 6.92 Å². The van der Waals surface area contributed by atoms with Gasteiger partial charge < -0.3 is 4.90 Å². The third-order valence-electron chi connectivity index (χ3n) is 3.55. The maximum Gasteiger partial charge on any atom is 0.330 e. The van der Waals surface area contributed by atoms with Crippen molar-refractivity contribution >= 4 is 17.8 Å². The maximum atomic E-state index is 12.1. The first-order valence-corrected chi connectivity index (χ1v) is 5.87. The van der Waals surface area contributed by atoms with Gasteiger partial charge >= 0.3 is 6.03 Å². The van der Waals surface area contributed by atoms with Crippen molar-refractivity contribution in [2.75, 3.05) is 26.7 Å². The molecule has 2 rings (SSSR count). The standard InChI is InChI=1S/C11H17N3O3/c1-3-13(2)6-7-14-9(16)11(4-5-11)8(15)12-10(14)17/h3-7H2,1-2H3,(H,12,15,17). The Bertz CT molecular complexity index is 376. The normalized spacial score (nSPS) is 22.3. The van der Waals surface area contributed by atoms with Gasteiger partial charge in [-0.3, -0.25) is 19.8 Å². The van der Waals surface area contributed by atoms with E-state index >= 15 is 0 Å². The number of hydrogen-bond donors (Lipinski definition) is 1. The number of nitrogens with one attached hydrogen (secondary N) is 1. The topological polar surface area (TPSA) is 69.7 Å². The Labute approximate surface area is 99.9 Å². The van der Waals surface area contributed by atoms with Gasteiger partial charge in [0.2, 0.25) is 11.8 Å². The molecule has 17 heavy (non-hydrogen) atoms. The number of carbonyl (C=O) groups is 3. The first-order valence-electron chi connectivity index (χ1n) is 5.87. The first-order chi connectivity index (χ1) is 8.01. The number of rotatable bonds is 4. The Kier molecular flexibility index (Phi) is 2.91. The van der Waals surface area contributed by atoms with Crippen molar-refractivity contribution in [3.05, 3.63) is 0 Å². The Morgan fingerprint density at radius 3 is 2.53 bits per heavy atom. The Balaban J connectivity index is 2.04. The van der Waals surface area contributed by atoms with E-state index in [1.165, 1.54) is 4.90 Å². The summed E-state index contributed by atoms with van der Waals surface area (Å²) in [6, 6.07) is -0.581. The van der Waals surface area contributed by atoms with Crippen LogP contribution in [-0.4, -0.2) is 54.3 Å². The van der Waals surface area contributed by atoms with Crippen molar-refractivity contribution in [2.45, 2.75) is 19.8 Å². The van der Waals surface area contributed by atoms with Crippen molar-refractivity contribution in [3.8, 4) is 0 Å². The van der Waals surface area contributed by atoms with Crippen LogP contribution in [0.1, 0.15) is 19.8 Å². The molecule has 0 aromatic rings. The van der Waals surface area contributed by atoms with Gasteiger partial charge in [0, 0.05) is 13.1 Å². The van der Waals surface area contributed by atoms with Crippen molar-refractivity contribution in [2.24, 2.45) is 5.41 Å². The number of barbiturate groups is 1. The molecule has 1 saturated carbocycles. The average molecular weight is 239 g/mol. The molecular weight excluding hydrogens is 222 g/mol. The van der Waals surface area contributed by atoms with E-state index in [0.29, 0.717) is 25.9 Å². The lowest BCUT2D eigenvalue weighted by molar-refractivity contribution is -0.144. The van der Waals surface area contributed by atoms with Crippen LogP contribution in [0.4, 0.5) is 4.79 Å². The predicted octanol–water partition coefficient (Wildman–Crippen LogP) is -0.203. The molecule has 94 valence electrons. The molecule has 2 aliphatic rings. The molecule has 0 atom stereocenters. The summed E-state index contributed by atoms with van der Waals surface area (Å²) in [5.74, 6) is -0.747. The molecule has 0 radical (unpaired) electrons. The lowest BCUT2D eigenvalue weighted by Gasteiger charge is -2.31. The van der Waals surface area contributed by atoms with Crippen LogP contribution in [0.25, 0.3) is 0 Å². The molecule has 1 aliphatic heterocycles. The van der Waals surface area contributed by atoms with Gasteiger partial charge in [0.1, 0.15) is 5.41 Å². The van der Waals surface area contributed by atoms with Crippen molar-refractivity contribution in [3.63, 3.8) is 0 Å². The lowest BCUT2D eigenvalue weighted by Crippen LogP contribution is -2.60. The smallest absolute Gasteiger partial charge is 0.305 e. The van der Waals surface area contributed by atoms with Crippen LogP contribution in [0.3, 0.4) is 0 Å². The van der Waals surface area contributed by atoms with Gasteiger partial charge in [-0.2, -0.15) is 0 Å². The zero-order valence-electron chi connectivity index (χ0n) is 10.2. The molecule has 2 fully saturated rings. The summed E-state index contributed by atoms with van der Waals surface area (Å²) in [6.07, 6.45) is 1.12. The van der Waals surface area contributed by atoms with E-state index in [9.17, 15) is 14.4 Å². The second-order valence-electron chi connectivity index (χ2n) is 4.69. The number of imide groups is 2. The molecule has 0 unspecified atom stereocenters. The molecule has 0 bridgehead atoms. The first kappa shape index (κ1) is 12.0. The summed E-state index contributed by atoms with van der Waals surface area (Å²) in [5.41, 5.74) is -0.918. The minimum Gasteiger partial charge on any atom is -0.305 e. The highest BCUT2D eigenvalue weighted by molar-refractivity contribution is 6.20. The van der Waals surface area contributed by atoms with Crippen LogP contribution in [0, 0.1) is 5.41 Å². The molecule has 1 N–H and O–H groups in total. The van der Waals surface area contributed by atoms with Gasteiger partial charge in [0.05, 0.1) is 0 Å². The Morgan fingerprint density at radius 2 is 2.00 bits per heavy atom. The second-order valence-corrected chi connectivity index (χ2v) is 4.69. The fraction of sp³-hybridized carbons (Fsp3) is 0.727. The van der Waals surface area contributed by atoms with E-state index in [2.05, 4.69) is 5.32 Å². The molecule has 1 saturated heterocycles. The van der Waals surface area contributed by atoms with Crippen molar-refractivity contribution in [1.29, 1.82) is 0 Å². The zero-order chi connectivity index (χ0) is 12.6. The highest BCUT2D eigenvalue weighted by Crippen LogP contribution is 2.48. The van der Waals surface area contributed by atoms with Crippen LogP contribution in [-0.2, 0) is 9.59 Å². The minimum atomic E-state index is -0.918. The van der Waals surface area contributed by atoms with Gasteiger partial charge in [-0.05, 0) is 26.4 Å². The number of carbonyl (C=O) groups excluding carboxylic acids is 3. The lowest BCUT2D eigenvalue weighted by atomic mass is 10.0. The second kappa shape index (κ2) is 4.10. The molecule has 1 aliphatic carbocycles. The molecule has 1 heterocycles.